The fraction of sp³-hybridized carbons (Fsp3) is 0.222. The van der Waals surface area contributed by atoms with E-state index in [1.807, 2.05) is 57.2 Å². The van der Waals surface area contributed by atoms with Gasteiger partial charge in [-0.15, -0.1) is 0 Å². The predicted octanol–water partition coefficient (Wildman–Crippen LogP) is 4.90. The largest absolute Gasteiger partial charge is 0.254 e. The molecule has 0 saturated carbocycles. The number of rotatable bonds is 3. The topological polar surface area (TPSA) is 17.1 Å². The van der Waals surface area contributed by atoms with Gasteiger partial charge >= 0.3 is 0 Å². The molecule has 0 heterocycles. The van der Waals surface area contributed by atoms with Crippen LogP contribution in [0.2, 0.25) is 0 Å². The summed E-state index contributed by atoms with van der Waals surface area (Å²) in [4.78, 5) is 0.823. The van der Waals surface area contributed by atoms with Crippen molar-refractivity contribution in [2.45, 2.75) is 30.4 Å². The van der Waals surface area contributed by atoms with Crippen LogP contribution in [-0.4, -0.2) is 8.96 Å². The lowest BCUT2D eigenvalue weighted by molar-refractivity contribution is 0.628. The van der Waals surface area contributed by atoms with Crippen LogP contribution in [0.15, 0.2) is 53.4 Å². The Labute approximate surface area is 128 Å². The molecule has 2 rings (SSSR count). The van der Waals surface area contributed by atoms with Crippen LogP contribution >= 0.6 is 0 Å². The molecule has 1 nitrogen and oxygen atoms in total. The van der Waals surface area contributed by atoms with Crippen LogP contribution in [-0.2, 0) is 10.8 Å². The molecular formula is C18H19FOS. The molecule has 0 amide bonds. The van der Waals surface area contributed by atoms with E-state index in [-0.39, 0.29) is 10.6 Å². The minimum Gasteiger partial charge on any atom is -0.254 e. The fourth-order valence-electron chi connectivity index (χ4n) is 1.88. The molecule has 0 bridgehead atoms. The van der Waals surface area contributed by atoms with Gasteiger partial charge in [0.15, 0.2) is 0 Å². The number of halogens is 1. The number of hydrogen-bond acceptors (Lipinski definition) is 1. The van der Waals surface area contributed by atoms with E-state index in [9.17, 15) is 8.60 Å². The molecule has 0 aliphatic rings. The van der Waals surface area contributed by atoms with E-state index < -0.39 is 10.8 Å². The Hall–Kier alpha value is -1.74. The van der Waals surface area contributed by atoms with Crippen LogP contribution in [0.3, 0.4) is 0 Å². The maximum Gasteiger partial charge on any atom is 0.123 e. The smallest absolute Gasteiger partial charge is 0.123 e. The van der Waals surface area contributed by atoms with Crippen LogP contribution < -0.4 is 0 Å². The van der Waals surface area contributed by atoms with Crippen molar-refractivity contribution < 1.29 is 8.60 Å². The van der Waals surface area contributed by atoms with Gasteiger partial charge in [0.05, 0.1) is 10.8 Å². The maximum atomic E-state index is 12.9. The van der Waals surface area contributed by atoms with Gasteiger partial charge in [0.1, 0.15) is 5.82 Å². The van der Waals surface area contributed by atoms with Gasteiger partial charge in [-0.3, -0.25) is 4.21 Å². The Balaban J connectivity index is 2.33. The molecule has 0 spiro atoms. The van der Waals surface area contributed by atoms with Crippen molar-refractivity contribution in [3.63, 3.8) is 0 Å². The molecule has 0 aliphatic carbocycles. The van der Waals surface area contributed by atoms with E-state index in [0.717, 1.165) is 16.0 Å². The lowest BCUT2D eigenvalue weighted by Crippen LogP contribution is -2.22. The predicted molar refractivity (Wildman–Crippen MR) is 87.9 cm³/mol. The second-order valence-electron chi connectivity index (χ2n) is 5.80. The molecule has 110 valence electrons. The summed E-state index contributed by atoms with van der Waals surface area (Å²) in [5.74, 6) is -0.249. The van der Waals surface area contributed by atoms with Gasteiger partial charge in [-0.1, -0.05) is 42.5 Å². The Morgan fingerprint density at radius 1 is 0.952 bits per heavy atom. The Morgan fingerprint density at radius 3 is 2.19 bits per heavy atom. The quantitative estimate of drug-likeness (QED) is 0.737. The van der Waals surface area contributed by atoms with Crippen molar-refractivity contribution >= 4 is 23.0 Å². The van der Waals surface area contributed by atoms with Crippen LogP contribution in [0, 0.1) is 5.82 Å². The molecule has 2 aromatic rings. The third kappa shape index (κ3) is 4.11. The third-order valence-corrected chi connectivity index (χ3v) is 4.88. The lowest BCUT2D eigenvalue weighted by atomic mass is 10.1. The highest BCUT2D eigenvalue weighted by atomic mass is 32.2. The maximum absolute atomic E-state index is 12.9. The normalized spacial score (nSPS) is 13.5. The molecule has 0 aromatic heterocycles. The van der Waals surface area contributed by atoms with Crippen molar-refractivity contribution in [3.05, 3.63) is 65.5 Å². The average Bonchev–Trinajstić information content (AvgIpc) is 2.45. The molecule has 0 saturated heterocycles. The molecule has 0 fully saturated rings. The van der Waals surface area contributed by atoms with Crippen LogP contribution in [0.1, 0.15) is 31.9 Å². The number of benzene rings is 2. The summed E-state index contributed by atoms with van der Waals surface area (Å²) in [5.41, 5.74) is 1.84. The van der Waals surface area contributed by atoms with Crippen molar-refractivity contribution in [1.82, 2.24) is 0 Å². The Morgan fingerprint density at radius 2 is 1.57 bits per heavy atom. The first kappa shape index (κ1) is 15.6. The Bertz CT molecular complexity index is 666. The molecule has 0 radical (unpaired) electrons. The summed E-state index contributed by atoms with van der Waals surface area (Å²) in [6.07, 6.45) is 3.82. The highest BCUT2D eigenvalue weighted by molar-refractivity contribution is 7.86. The zero-order valence-corrected chi connectivity index (χ0v) is 13.3. The molecule has 0 N–H and O–H groups in total. The first-order valence-electron chi connectivity index (χ1n) is 6.82. The van der Waals surface area contributed by atoms with Gasteiger partial charge in [-0.25, -0.2) is 4.39 Å². The van der Waals surface area contributed by atoms with E-state index in [0.29, 0.717) is 0 Å². The molecule has 0 unspecified atom stereocenters. The summed E-state index contributed by atoms with van der Waals surface area (Å²) in [7, 11) is -1.09. The molecule has 21 heavy (non-hydrogen) atoms. The van der Waals surface area contributed by atoms with E-state index in [2.05, 4.69) is 0 Å². The lowest BCUT2D eigenvalue weighted by Gasteiger charge is -2.19. The standard InChI is InChI=1S/C18H19FOS/c1-18(2,3)21(20)17-7-5-4-6-15(17)11-8-14-9-12-16(19)13-10-14/h4-13H,1-3H3/b11-8+/t21-/m1/s1. The molecule has 0 aliphatic heterocycles. The second-order valence-corrected chi connectivity index (χ2v) is 8.01. The molecule has 1 atom stereocenters. The van der Waals surface area contributed by atoms with Crippen LogP contribution in [0.5, 0.6) is 0 Å². The fourth-order valence-corrected chi connectivity index (χ4v) is 3.09. The molecule has 3 heteroatoms. The monoisotopic (exact) mass is 302 g/mol. The summed E-state index contributed by atoms with van der Waals surface area (Å²) in [5, 5.41) is 0. The summed E-state index contributed by atoms with van der Waals surface area (Å²) in [6.45, 7) is 5.89. The molecule has 2 aromatic carbocycles. The van der Waals surface area contributed by atoms with Gasteiger partial charge < -0.3 is 0 Å². The first-order chi connectivity index (χ1) is 9.88. The van der Waals surface area contributed by atoms with E-state index in [4.69, 9.17) is 0 Å². The third-order valence-electron chi connectivity index (χ3n) is 3.00. The highest BCUT2D eigenvalue weighted by Crippen LogP contribution is 2.24. The van der Waals surface area contributed by atoms with Crippen molar-refractivity contribution in [2.24, 2.45) is 0 Å². The summed E-state index contributed by atoms with van der Waals surface area (Å²) >= 11 is 0. The van der Waals surface area contributed by atoms with E-state index in [1.54, 1.807) is 12.1 Å². The number of hydrogen-bond donors (Lipinski definition) is 0. The average molecular weight is 302 g/mol. The second kappa shape index (κ2) is 6.35. The van der Waals surface area contributed by atoms with Gasteiger partial charge in [0.25, 0.3) is 0 Å². The molecular weight excluding hydrogens is 283 g/mol. The van der Waals surface area contributed by atoms with Gasteiger partial charge in [-0.2, -0.15) is 0 Å². The van der Waals surface area contributed by atoms with Crippen molar-refractivity contribution in [3.8, 4) is 0 Å². The SMILES string of the molecule is CC(C)(C)[S@](=O)c1ccccc1/C=C/c1ccc(F)cc1. The van der Waals surface area contributed by atoms with Crippen LogP contribution in [0.4, 0.5) is 4.39 Å². The summed E-state index contributed by atoms with van der Waals surface area (Å²) in [6, 6.07) is 14.0. The first-order valence-corrected chi connectivity index (χ1v) is 7.97. The zero-order valence-electron chi connectivity index (χ0n) is 12.5. The van der Waals surface area contributed by atoms with Gasteiger partial charge in [0.2, 0.25) is 0 Å². The van der Waals surface area contributed by atoms with E-state index >= 15 is 0 Å². The van der Waals surface area contributed by atoms with Crippen molar-refractivity contribution in [1.29, 1.82) is 0 Å². The highest BCUT2D eigenvalue weighted by Gasteiger charge is 2.22. The zero-order chi connectivity index (χ0) is 15.5. The van der Waals surface area contributed by atoms with Crippen LogP contribution in [0.25, 0.3) is 12.2 Å². The minimum absolute atomic E-state index is 0.249. The summed E-state index contributed by atoms with van der Waals surface area (Å²) < 4.78 is 25.2. The van der Waals surface area contributed by atoms with Gasteiger partial charge in [-0.05, 0) is 50.1 Å². The Kier molecular flexibility index (Phi) is 4.73. The minimum atomic E-state index is -1.09. The van der Waals surface area contributed by atoms with Crippen molar-refractivity contribution in [2.75, 3.05) is 0 Å². The van der Waals surface area contributed by atoms with Gasteiger partial charge in [0, 0.05) is 9.64 Å². The van der Waals surface area contributed by atoms with E-state index in [1.165, 1.54) is 12.1 Å².